The van der Waals surface area contributed by atoms with Gasteiger partial charge in [-0.3, -0.25) is 4.99 Å². The predicted octanol–water partition coefficient (Wildman–Crippen LogP) is 2.47. The average Bonchev–Trinajstić information content (AvgIpc) is 2.61. The molecule has 0 amide bonds. The van der Waals surface area contributed by atoms with Crippen molar-refractivity contribution < 1.29 is 9.13 Å². The minimum Gasteiger partial charge on any atom is -0.378 e. The molecule has 1 aromatic carbocycles. The van der Waals surface area contributed by atoms with Crippen LogP contribution in [0.25, 0.3) is 0 Å². The van der Waals surface area contributed by atoms with Gasteiger partial charge in [0.05, 0.1) is 18.9 Å². The van der Waals surface area contributed by atoms with Gasteiger partial charge in [-0.1, -0.05) is 19.4 Å². The van der Waals surface area contributed by atoms with Gasteiger partial charge in [0.1, 0.15) is 5.82 Å². The number of benzene rings is 1. The van der Waals surface area contributed by atoms with Gasteiger partial charge in [0.15, 0.2) is 5.96 Å². The molecule has 1 aromatic rings. The number of guanidine groups is 1. The second-order valence-corrected chi connectivity index (χ2v) is 6.06. The van der Waals surface area contributed by atoms with Crippen LogP contribution in [0.5, 0.6) is 0 Å². The summed E-state index contributed by atoms with van der Waals surface area (Å²) in [4.78, 5) is 8.42. The molecule has 0 spiro atoms. The van der Waals surface area contributed by atoms with Gasteiger partial charge in [-0.05, 0) is 24.1 Å². The molecule has 24 heavy (non-hydrogen) atoms. The standard InChI is InChI=1S/C18H29FN4O/c1-4-5-8-22(3)18(20-2)21-14-15-6-7-17(16(19)13-15)23-9-11-24-12-10-23/h6-7,13H,4-5,8-12,14H2,1-3H3,(H,20,21). The van der Waals surface area contributed by atoms with Crippen molar-refractivity contribution in [1.82, 2.24) is 10.2 Å². The van der Waals surface area contributed by atoms with E-state index in [4.69, 9.17) is 4.74 Å². The monoisotopic (exact) mass is 336 g/mol. The van der Waals surface area contributed by atoms with E-state index >= 15 is 0 Å². The van der Waals surface area contributed by atoms with Gasteiger partial charge in [-0.15, -0.1) is 0 Å². The van der Waals surface area contributed by atoms with E-state index < -0.39 is 0 Å². The molecule has 0 aliphatic carbocycles. The summed E-state index contributed by atoms with van der Waals surface area (Å²) in [7, 11) is 3.79. The van der Waals surface area contributed by atoms with Crippen molar-refractivity contribution in [2.45, 2.75) is 26.3 Å². The van der Waals surface area contributed by atoms with Crippen molar-refractivity contribution in [3.05, 3.63) is 29.6 Å². The normalized spacial score (nSPS) is 15.5. The van der Waals surface area contributed by atoms with Crippen molar-refractivity contribution in [3.63, 3.8) is 0 Å². The Kier molecular flexibility index (Phi) is 7.31. The van der Waals surface area contributed by atoms with E-state index in [1.165, 1.54) is 0 Å². The molecule has 1 N–H and O–H groups in total. The largest absolute Gasteiger partial charge is 0.378 e. The van der Waals surface area contributed by atoms with Crippen LogP contribution in [0.2, 0.25) is 0 Å². The number of nitrogens with zero attached hydrogens (tertiary/aromatic N) is 3. The highest BCUT2D eigenvalue weighted by atomic mass is 19.1. The fourth-order valence-corrected chi connectivity index (χ4v) is 2.79. The number of unbranched alkanes of at least 4 members (excludes halogenated alkanes) is 1. The lowest BCUT2D eigenvalue weighted by atomic mass is 10.1. The van der Waals surface area contributed by atoms with Crippen molar-refractivity contribution in [1.29, 1.82) is 0 Å². The van der Waals surface area contributed by atoms with Gasteiger partial charge < -0.3 is 19.9 Å². The number of halogens is 1. The van der Waals surface area contributed by atoms with Gasteiger partial charge in [0.25, 0.3) is 0 Å². The molecule has 1 fully saturated rings. The van der Waals surface area contributed by atoms with Crippen LogP contribution >= 0.6 is 0 Å². The van der Waals surface area contributed by atoms with Crippen LogP contribution in [-0.2, 0) is 11.3 Å². The second kappa shape index (κ2) is 9.47. The van der Waals surface area contributed by atoms with Crippen LogP contribution in [0.4, 0.5) is 10.1 Å². The molecule has 0 saturated carbocycles. The lowest BCUT2D eigenvalue weighted by Gasteiger charge is -2.29. The summed E-state index contributed by atoms with van der Waals surface area (Å²) in [5, 5.41) is 3.30. The third kappa shape index (κ3) is 5.09. The topological polar surface area (TPSA) is 40.1 Å². The molecular formula is C18H29FN4O. The van der Waals surface area contributed by atoms with E-state index in [2.05, 4.69) is 22.1 Å². The number of hydrogen-bond acceptors (Lipinski definition) is 3. The maximum absolute atomic E-state index is 14.4. The van der Waals surface area contributed by atoms with E-state index in [-0.39, 0.29) is 5.82 Å². The Morgan fingerprint density at radius 1 is 1.38 bits per heavy atom. The van der Waals surface area contributed by atoms with Gasteiger partial charge in [-0.2, -0.15) is 0 Å². The third-order valence-electron chi connectivity index (χ3n) is 4.23. The molecule has 1 aliphatic heterocycles. The first-order chi connectivity index (χ1) is 11.7. The maximum atomic E-state index is 14.4. The Balaban J connectivity index is 1.94. The lowest BCUT2D eigenvalue weighted by Crippen LogP contribution is -2.39. The highest BCUT2D eigenvalue weighted by Gasteiger charge is 2.15. The number of hydrogen-bond donors (Lipinski definition) is 1. The summed E-state index contributed by atoms with van der Waals surface area (Å²) in [5.74, 6) is 0.659. The van der Waals surface area contributed by atoms with E-state index in [1.54, 1.807) is 13.1 Å². The summed E-state index contributed by atoms with van der Waals surface area (Å²) in [6.07, 6.45) is 2.27. The molecule has 0 atom stereocenters. The summed E-state index contributed by atoms with van der Waals surface area (Å²) in [5.41, 5.74) is 1.57. The zero-order valence-corrected chi connectivity index (χ0v) is 15.0. The number of ether oxygens (including phenoxy) is 1. The highest BCUT2D eigenvalue weighted by molar-refractivity contribution is 5.79. The van der Waals surface area contributed by atoms with E-state index in [9.17, 15) is 4.39 Å². The molecular weight excluding hydrogens is 307 g/mol. The maximum Gasteiger partial charge on any atom is 0.193 e. The van der Waals surface area contributed by atoms with E-state index in [0.29, 0.717) is 25.4 Å². The molecule has 1 aliphatic rings. The number of nitrogens with one attached hydrogen (secondary N) is 1. The van der Waals surface area contributed by atoms with Gasteiger partial charge in [0.2, 0.25) is 0 Å². The second-order valence-electron chi connectivity index (χ2n) is 6.06. The van der Waals surface area contributed by atoms with Gasteiger partial charge in [0, 0.05) is 40.3 Å². The van der Waals surface area contributed by atoms with Crippen molar-refractivity contribution >= 4 is 11.6 Å². The molecule has 6 heteroatoms. The average molecular weight is 336 g/mol. The molecule has 0 aromatic heterocycles. The fraction of sp³-hybridized carbons (Fsp3) is 0.611. The molecule has 0 radical (unpaired) electrons. The zero-order valence-electron chi connectivity index (χ0n) is 15.0. The number of morpholine rings is 1. The molecule has 1 saturated heterocycles. The first-order valence-corrected chi connectivity index (χ1v) is 8.68. The van der Waals surface area contributed by atoms with Crippen molar-refractivity contribution in [2.75, 3.05) is 51.8 Å². The van der Waals surface area contributed by atoms with Crippen LogP contribution in [0.1, 0.15) is 25.3 Å². The number of rotatable bonds is 6. The Bertz CT molecular complexity index is 544. The summed E-state index contributed by atoms with van der Waals surface area (Å²) < 4.78 is 19.7. The summed E-state index contributed by atoms with van der Waals surface area (Å²) in [6.45, 7) is 6.48. The quantitative estimate of drug-likeness (QED) is 0.640. The number of anilines is 1. The van der Waals surface area contributed by atoms with Crippen LogP contribution in [0.3, 0.4) is 0 Å². The zero-order chi connectivity index (χ0) is 17.4. The minimum atomic E-state index is -0.175. The Morgan fingerprint density at radius 2 is 2.12 bits per heavy atom. The number of aliphatic imine (C=N–C) groups is 1. The van der Waals surface area contributed by atoms with Crippen molar-refractivity contribution in [2.24, 2.45) is 4.99 Å². The smallest absolute Gasteiger partial charge is 0.193 e. The lowest BCUT2D eigenvalue weighted by molar-refractivity contribution is 0.122. The molecule has 134 valence electrons. The molecule has 5 nitrogen and oxygen atoms in total. The van der Waals surface area contributed by atoms with Crippen LogP contribution < -0.4 is 10.2 Å². The molecule has 0 bridgehead atoms. The first-order valence-electron chi connectivity index (χ1n) is 8.68. The van der Waals surface area contributed by atoms with E-state index in [0.717, 1.165) is 44.0 Å². The molecule has 2 rings (SSSR count). The minimum absolute atomic E-state index is 0.175. The summed E-state index contributed by atoms with van der Waals surface area (Å²) >= 11 is 0. The Labute approximate surface area is 144 Å². The molecule has 0 unspecified atom stereocenters. The summed E-state index contributed by atoms with van der Waals surface area (Å²) in [6, 6.07) is 5.44. The fourth-order valence-electron chi connectivity index (χ4n) is 2.79. The van der Waals surface area contributed by atoms with Gasteiger partial charge >= 0.3 is 0 Å². The Morgan fingerprint density at radius 3 is 2.75 bits per heavy atom. The van der Waals surface area contributed by atoms with Crippen LogP contribution in [0, 0.1) is 5.82 Å². The SMILES string of the molecule is CCCCN(C)C(=NC)NCc1ccc(N2CCOCC2)c(F)c1. The first kappa shape index (κ1) is 18.5. The van der Waals surface area contributed by atoms with Crippen molar-refractivity contribution in [3.8, 4) is 0 Å². The molecule has 1 heterocycles. The highest BCUT2D eigenvalue weighted by Crippen LogP contribution is 2.21. The third-order valence-corrected chi connectivity index (χ3v) is 4.23. The Hall–Kier alpha value is -1.82. The predicted molar refractivity (Wildman–Crippen MR) is 97.2 cm³/mol. The van der Waals surface area contributed by atoms with Crippen LogP contribution in [0.15, 0.2) is 23.2 Å². The van der Waals surface area contributed by atoms with Gasteiger partial charge in [-0.25, -0.2) is 4.39 Å². The van der Waals surface area contributed by atoms with E-state index in [1.807, 2.05) is 24.1 Å². The van der Waals surface area contributed by atoms with Crippen LogP contribution in [-0.4, -0.2) is 57.8 Å².